The Bertz CT molecular complexity index is 599. The van der Waals surface area contributed by atoms with Gasteiger partial charge in [0.15, 0.2) is 0 Å². The Morgan fingerprint density at radius 3 is 2.47 bits per heavy atom. The highest BCUT2D eigenvalue weighted by Gasteiger charge is 2.26. The van der Waals surface area contributed by atoms with Gasteiger partial charge in [0, 0.05) is 4.47 Å². The van der Waals surface area contributed by atoms with E-state index in [-0.39, 0.29) is 10.8 Å². The first-order chi connectivity index (χ1) is 8.58. The van der Waals surface area contributed by atoms with Crippen molar-refractivity contribution in [3.05, 3.63) is 22.7 Å². The Kier molecular flexibility index (Phi) is 4.72. The molecule has 0 aliphatic rings. The number of anilines is 1. The standard InChI is InChI=1S/C11H16BrN3O3S/c1-3-11(2,13)10(16)15-9-5-4-7(6-8(9)12)19(14,17)18/h4-6H,3,13H2,1-2H3,(H,15,16)(H2,14,17,18). The number of primary sulfonamides is 1. The largest absolute Gasteiger partial charge is 0.323 e. The number of hydrogen-bond acceptors (Lipinski definition) is 4. The van der Waals surface area contributed by atoms with Crippen molar-refractivity contribution in [1.29, 1.82) is 0 Å². The van der Waals surface area contributed by atoms with E-state index in [2.05, 4.69) is 21.2 Å². The molecule has 1 atom stereocenters. The average Bonchev–Trinajstić information content (AvgIpc) is 2.30. The van der Waals surface area contributed by atoms with Gasteiger partial charge in [-0.1, -0.05) is 6.92 Å². The summed E-state index contributed by atoms with van der Waals surface area (Å²) in [5, 5.41) is 7.65. The molecule has 0 aromatic heterocycles. The molecule has 106 valence electrons. The van der Waals surface area contributed by atoms with Crippen molar-refractivity contribution >= 4 is 37.5 Å². The van der Waals surface area contributed by atoms with E-state index in [1.807, 2.05) is 0 Å². The van der Waals surface area contributed by atoms with E-state index in [4.69, 9.17) is 10.9 Å². The molecule has 0 heterocycles. The number of nitrogens with one attached hydrogen (secondary N) is 1. The maximum atomic E-state index is 11.9. The molecule has 1 aromatic carbocycles. The van der Waals surface area contributed by atoms with E-state index in [1.165, 1.54) is 18.2 Å². The molecule has 6 nitrogen and oxygen atoms in total. The highest BCUT2D eigenvalue weighted by atomic mass is 79.9. The van der Waals surface area contributed by atoms with Crippen LogP contribution < -0.4 is 16.2 Å². The molecule has 0 spiro atoms. The molecule has 0 aliphatic heterocycles. The third-order valence-corrected chi connectivity index (χ3v) is 4.34. The minimum absolute atomic E-state index is 0.0385. The molecule has 0 aliphatic carbocycles. The molecular weight excluding hydrogens is 334 g/mol. The maximum absolute atomic E-state index is 11.9. The van der Waals surface area contributed by atoms with Crippen LogP contribution in [0.15, 0.2) is 27.6 Å². The molecule has 1 rings (SSSR count). The van der Waals surface area contributed by atoms with Crippen molar-refractivity contribution in [3.63, 3.8) is 0 Å². The van der Waals surface area contributed by atoms with Gasteiger partial charge in [-0.15, -0.1) is 0 Å². The number of halogens is 1. The fourth-order valence-electron chi connectivity index (χ4n) is 1.20. The van der Waals surface area contributed by atoms with Gasteiger partial charge < -0.3 is 11.1 Å². The number of nitrogens with two attached hydrogens (primary N) is 2. The number of carbonyl (C=O) groups excluding carboxylic acids is 1. The van der Waals surface area contributed by atoms with Crippen molar-refractivity contribution in [3.8, 4) is 0 Å². The number of benzene rings is 1. The quantitative estimate of drug-likeness (QED) is 0.756. The van der Waals surface area contributed by atoms with Gasteiger partial charge >= 0.3 is 0 Å². The number of rotatable bonds is 4. The summed E-state index contributed by atoms with van der Waals surface area (Å²) < 4.78 is 22.8. The van der Waals surface area contributed by atoms with Gasteiger partial charge in [0.1, 0.15) is 0 Å². The second-order valence-corrected chi connectivity index (χ2v) is 6.83. The van der Waals surface area contributed by atoms with Crippen LogP contribution >= 0.6 is 15.9 Å². The molecule has 0 bridgehead atoms. The summed E-state index contributed by atoms with van der Waals surface area (Å²) >= 11 is 3.18. The Labute approximate surface area is 120 Å². The number of sulfonamides is 1. The second-order valence-electron chi connectivity index (χ2n) is 4.41. The third-order valence-electron chi connectivity index (χ3n) is 2.77. The van der Waals surface area contributed by atoms with Gasteiger partial charge in [0.05, 0.1) is 16.1 Å². The Hall–Kier alpha value is -0.960. The van der Waals surface area contributed by atoms with Crippen LogP contribution in [-0.2, 0) is 14.8 Å². The van der Waals surface area contributed by atoms with Crippen LogP contribution in [0.1, 0.15) is 20.3 Å². The van der Waals surface area contributed by atoms with Crippen LogP contribution in [0.25, 0.3) is 0 Å². The summed E-state index contributed by atoms with van der Waals surface area (Å²) in [4.78, 5) is 11.9. The molecule has 1 amide bonds. The van der Waals surface area contributed by atoms with Gasteiger partial charge in [-0.05, 0) is 47.5 Å². The average molecular weight is 350 g/mol. The van der Waals surface area contributed by atoms with Crippen LogP contribution in [0.3, 0.4) is 0 Å². The van der Waals surface area contributed by atoms with E-state index in [1.54, 1.807) is 13.8 Å². The predicted octanol–water partition coefficient (Wildman–Crippen LogP) is 1.16. The van der Waals surface area contributed by atoms with E-state index in [0.29, 0.717) is 16.6 Å². The van der Waals surface area contributed by atoms with Crippen LogP contribution in [0.5, 0.6) is 0 Å². The molecule has 0 radical (unpaired) electrons. The minimum atomic E-state index is -3.77. The maximum Gasteiger partial charge on any atom is 0.244 e. The highest BCUT2D eigenvalue weighted by molar-refractivity contribution is 9.10. The SMILES string of the molecule is CCC(C)(N)C(=O)Nc1ccc(S(N)(=O)=O)cc1Br. The molecular formula is C11H16BrN3O3S. The molecule has 1 unspecified atom stereocenters. The van der Waals surface area contributed by atoms with E-state index in [0.717, 1.165) is 0 Å². The molecule has 0 fully saturated rings. The van der Waals surface area contributed by atoms with Crippen molar-refractivity contribution in [2.24, 2.45) is 10.9 Å². The number of carbonyl (C=O) groups is 1. The van der Waals surface area contributed by atoms with Crippen LogP contribution in [-0.4, -0.2) is 19.9 Å². The molecule has 0 saturated heterocycles. The van der Waals surface area contributed by atoms with Gasteiger partial charge in [-0.3, -0.25) is 4.79 Å². The number of hydrogen-bond donors (Lipinski definition) is 3. The second kappa shape index (κ2) is 5.58. The van der Waals surface area contributed by atoms with Crippen molar-refractivity contribution < 1.29 is 13.2 Å². The third kappa shape index (κ3) is 4.00. The van der Waals surface area contributed by atoms with E-state index < -0.39 is 15.6 Å². The lowest BCUT2D eigenvalue weighted by Crippen LogP contribution is -2.47. The van der Waals surface area contributed by atoms with Crippen molar-refractivity contribution in [2.75, 3.05) is 5.32 Å². The van der Waals surface area contributed by atoms with Crippen molar-refractivity contribution in [1.82, 2.24) is 0 Å². The summed E-state index contributed by atoms with van der Waals surface area (Å²) in [5.41, 5.74) is 5.26. The predicted molar refractivity (Wildman–Crippen MR) is 77.0 cm³/mol. The van der Waals surface area contributed by atoms with Crippen molar-refractivity contribution in [2.45, 2.75) is 30.7 Å². The summed E-state index contributed by atoms with van der Waals surface area (Å²) in [5.74, 6) is -0.348. The zero-order valence-corrected chi connectivity index (χ0v) is 13.0. The highest BCUT2D eigenvalue weighted by Crippen LogP contribution is 2.26. The summed E-state index contributed by atoms with van der Waals surface area (Å²) in [6.45, 7) is 3.42. The first-order valence-electron chi connectivity index (χ1n) is 5.50. The van der Waals surface area contributed by atoms with E-state index in [9.17, 15) is 13.2 Å². The molecule has 8 heteroatoms. The van der Waals surface area contributed by atoms with Gasteiger partial charge in [0.25, 0.3) is 0 Å². The van der Waals surface area contributed by atoms with Crippen LogP contribution in [0, 0.1) is 0 Å². The first kappa shape index (κ1) is 16.1. The van der Waals surface area contributed by atoms with Gasteiger partial charge in [-0.25, -0.2) is 13.6 Å². The van der Waals surface area contributed by atoms with Gasteiger partial charge in [0.2, 0.25) is 15.9 Å². The topological polar surface area (TPSA) is 115 Å². The number of amides is 1. The normalized spacial score (nSPS) is 14.8. The van der Waals surface area contributed by atoms with E-state index >= 15 is 0 Å². The lowest BCUT2D eigenvalue weighted by atomic mass is 9.99. The molecule has 19 heavy (non-hydrogen) atoms. The fourth-order valence-corrected chi connectivity index (χ4v) is 2.37. The summed E-state index contributed by atoms with van der Waals surface area (Å²) in [7, 11) is -3.77. The monoisotopic (exact) mass is 349 g/mol. The lowest BCUT2D eigenvalue weighted by molar-refractivity contribution is -0.120. The molecule has 0 saturated carbocycles. The zero-order valence-electron chi connectivity index (χ0n) is 10.6. The Morgan fingerprint density at radius 1 is 1.47 bits per heavy atom. The Morgan fingerprint density at radius 2 is 2.05 bits per heavy atom. The van der Waals surface area contributed by atoms with Crippen LogP contribution in [0.4, 0.5) is 5.69 Å². The van der Waals surface area contributed by atoms with Crippen LogP contribution in [0.2, 0.25) is 0 Å². The molecule has 1 aromatic rings. The Balaban J connectivity index is 3.03. The smallest absolute Gasteiger partial charge is 0.244 e. The lowest BCUT2D eigenvalue weighted by Gasteiger charge is -2.22. The molecule has 5 N–H and O–H groups in total. The summed E-state index contributed by atoms with van der Waals surface area (Å²) in [6.07, 6.45) is 0.478. The summed E-state index contributed by atoms with van der Waals surface area (Å²) in [6, 6.07) is 4.09. The zero-order chi connectivity index (χ0) is 14.8. The minimum Gasteiger partial charge on any atom is -0.323 e. The van der Waals surface area contributed by atoms with Gasteiger partial charge in [-0.2, -0.15) is 0 Å². The fraction of sp³-hybridized carbons (Fsp3) is 0.364. The first-order valence-corrected chi connectivity index (χ1v) is 7.84.